The second kappa shape index (κ2) is 8.45. The maximum absolute atomic E-state index is 12.2. The lowest BCUT2D eigenvalue weighted by Crippen LogP contribution is -2.37. The van der Waals surface area contributed by atoms with E-state index >= 15 is 0 Å². The van der Waals surface area contributed by atoms with E-state index in [-0.39, 0.29) is 5.91 Å². The highest BCUT2D eigenvalue weighted by Gasteiger charge is 2.30. The fourth-order valence-corrected chi connectivity index (χ4v) is 4.09. The molecule has 1 amide bonds. The van der Waals surface area contributed by atoms with E-state index < -0.39 is 6.10 Å². The Bertz CT molecular complexity index is 901. The van der Waals surface area contributed by atoms with Crippen LogP contribution in [0.5, 0.6) is 0 Å². The number of aromatic nitrogens is 2. The van der Waals surface area contributed by atoms with E-state index in [0.29, 0.717) is 18.0 Å². The minimum atomic E-state index is -0.719. The van der Waals surface area contributed by atoms with Crippen molar-refractivity contribution in [1.29, 1.82) is 0 Å². The van der Waals surface area contributed by atoms with Gasteiger partial charge in [0.1, 0.15) is 17.7 Å². The second-order valence-electron chi connectivity index (χ2n) is 6.38. The predicted octanol–water partition coefficient (Wildman–Crippen LogP) is 2.82. The van der Waals surface area contributed by atoms with E-state index in [0.717, 1.165) is 32.2 Å². The smallest absolute Gasteiger partial charge is 0.263 e. The summed E-state index contributed by atoms with van der Waals surface area (Å²) in [6, 6.07) is 3.92. The zero-order valence-corrected chi connectivity index (χ0v) is 18.3. The Kier molecular flexibility index (Phi) is 6.23. The maximum Gasteiger partial charge on any atom is 0.263 e. The van der Waals surface area contributed by atoms with Crippen LogP contribution in [-0.2, 0) is 9.63 Å². The summed E-state index contributed by atoms with van der Waals surface area (Å²) in [6.07, 6.45) is 2.50. The highest BCUT2D eigenvalue weighted by molar-refractivity contribution is 9.11. The number of likely N-dealkylation sites (N-methyl/N-ethyl adjacent to an activating group) is 1. The Morgan fingerprint density at radius 3 is 2.85 bits per heavy atom. The van der Waals surface area contributed by atoms with Gasteiger partial charge in [-0.2, -0.15) is 0 Å². The molecule has 1 heterocycles. The van der Waals surface area contributed by atoms with Crippen LogP contribution in [0.4, 0.5) is 0 Å². The third-order valence-corrected chi connectivity index (χ3v) is 5.13. The topological polar surface area (TPSA) is 79.7 Å². The van der Waals surface area contributed by atoms with Crippen LogP contribution in [0.2, 0.25) is 0 Å². The largest absolute Gasteiger partial charge is 0.382 e. The second-order valence-corrected chi connectivity index (χ2v) is 8.15. The number of fused-ring (bicyclic) bond motifs is 3. The van der Waals surface area contributed by atoms with Crippen LogP contribution in [0.1, 0.15) is 18.2 Å². The average molecular weight is 497 g/mol. The Balaban J connectivity index is 1.83. The fraction of sp³-hybridized carbons (Fsp3) is 0.333. The Hall–Kier alpha value is -1.84. The Labute approximate surface area is 174 Å². The third-order valence-electron chi connectivity index (χ3n) is 4.05. The van der Waals surface area contributed by atoms with Gasteiger partial charge in [0, 0.05) is 39.4 Å². The monoisotopic (exact) mass is 495 g/mol. The molecule has 1 aliphatic carbocycles. The van der Waals surface area contributed by atoms with Crippen LogP contribution in [-0.4, -0.2) is 59.8 Å². The molecule has 27 heavy (non-hydrogen) atoms. The van der Waals surface area contributed by atoms with Crippen molar-refractivity contribution >= 4 is 43.5 Å². The summed E-state index contributed by atoms with van der Waals surface area (Å²) < 4.78 is 1.79. The van der Waals surface area contributed by atoms with Crippen LogP contribution >= 0.6 is 31.9 Å². The first-order chi connectivity index (χ1) is 12.9. The maximum atomic E-state index is 12.2. The zero-order chi connectivity index (χ0) is 19.6. The van der Waals surface area contributed by atoms with Crippen molar-refractivity contribution in [1.82, 2.24) is 20.2 Å². The molecule has 7 nitrogen and oxygen atoms in total. The molecule has 3 rings (SSSR count). The highest BCUT2D eigenvalue weighted by Crippen LogP contribution is 2.41. The molecule has 0 fully saturated rings. The van der Waals surface area contributed by atoms with Gasteiger partial charge in [0.25, 0.3) is 5.91 Å². The number of benzene rings is 1. The normalized spacial score (nSPS) is 14.8. The number of carbonyl (C=O) groups excluding carboxylic acids is 1. The van der Waals surface area contributed by atoms with Gasteiger partial charge >= 0.3 is 0 Å². The molecule has 1 aliphatic rings. The summed E-state index contributed by atoms with van der Waals surface area (Å²) in [5.41, 5.74) is 3.96. The van der Waals surface area contributed by atoms with Crippen molar-refractivity contribution in [3.8, 4) is 11.1 Å². The van der Waals surface area contributed by atoms with Gasteiger partial charge in [0.15, 0.2) is 0 Å². The minimum absolute atomic E-state index is 0.211. The lowest BCUT2D eigenvalue weighted by atomic mass is 10.1. The molecule has 1 N–H and O–H groups in total. The molecule has 0 radical (unpaired) electrons. The molecule has 1 aromatic heterocycles. The summed E-state index contributed by atoms with van der Waals surface area (Å²) in [5.74, 6) is -0.211. The summed E-state index contributed by atoms with van der Waals surface area (Å²) in [6.45, 7) is 2.98. The Morgan fingerprint density at radius 1 is 1.33 bits per heavy atom. The molecular formula is C18H19Br2N5O2. The number of oxime groups is 1. The molecule has 0 saturated heterocycles. The lowest BCUT2D eigenvalue weighted by Gasteiger charge is -2.13. The first-order valence-corrected chi connectivity index (χ1v) is 9.93. The molecular weight excluding hydrogens is 478 g/mol. The number of nitrogens with one attached hydrogen (secondary N) is 1. The quantitative estimate of drug-likeness (QED) is 0.531. The first-order valence-electron chi connectivity index (χ1n) is 8.35. The van der Waals surface area contributed by atoms with E-state index in [9.17, 15) is 4.79 Å². The number of carbonyl (C=O) groups is 1. The highest BCUT2D eigenvalue weighted by atomic mass is 79.9. The number of hydrogen-bond donors (Lipinski definition) is 1. The van der Waals surface area contributed by atoms with Crippen LogP contribution < -0.4 is 5.32 Å². The third kappa shape index (κ3) is 4.36. The van der Waals surface area contributed by atoms with Crippen molar-refractivity contribution in [2.24, 2.45) is 5.16 Å². The minimum Gasteiger partial charge on any atom is -0.382 e. The van der Waals surface area contributed by atoms with E-state index in [2.05, 4.69) is 52.3 Å². The van der Waals surface area contributed by atoms with Gasteiger partial charge in [-0.05, 0) is 38.7 Å². The SMILES string of the molecule is C[C@H](O/N=C1/c2ncncc2-c2cc(Br)cc(Br)c21)C(=O)NCCN(C)C. The average Bonchev–Trinajstić information content (AvgIpc) is 2.93. The number of nitrogens with zero attached hydrogens (tertiary/aromatic N) is 4. The van der Waals surface area contributed by atoms with Crippen molar-refractivity contribution < 1.29 is 9.63 Å². The van der Waals surface area contributed by atoms with Crippen LogP contribution in [0.25, 0.3) is 11.1 Å². The molecule has 2 aromatic rings. The van der Waals surface area contributed by atoms with Crippen LogP contribution in [0.3, 0.4) is 0 Å². The summed E-state index contributed by atoms with van der Waals surface area (Å²) in [7, 11) is 3.90. The van der Waals surface area contributed by atoms with Crippen molar-refractivity contribution in [2.45, 2.75) is 13.0 Å². The van der Waals surface area contributed by atoms with Gasteiger partial charge < -0.3 is 15.1 Å². The van der Waals surface area contributed by atoms with E-state index in [1.165, 1.54) is 6.33 Å². The summed E-state index contributed by atoms with van der Waals surface area (Å²) >= 11 is 7.09. The Morgan fingerprint density at radius 2 is 2.11 bits per heavy atom. The number of halogens is 2. The van der Waals surface area contributed by atoms with E-state index in [1.807, 2.05) is 31.1 Å². The van der Waals surface area contributed by atoms with E-state index in [4.69, 9.17) is 4.84 Å². The van der Waals surface area contributed by atoms with Gasteiger partial charge in [0.2, 0.25) is 6.10 Å². The van der Waals surface area contributed by atoms with Gasteiger partial charge in [-0.15, -0.1) is 0 Å². The fourth-order valence-electron chi connectivity index (χ4n) is 2.68. The molecule has 0 unspecified atom stereocenters. The number of amides is 1. The van der Waals surface area contributed by atoms with Gasteiger partial charge in [-0.1, -0.05) is 37.0 Å². The van der Waals surface area contributed by atoms with Gasteiger partial charge in [-0.25, -0.2) is 9.97 Å². The van der Waals surface area contributed by atoms with Crippen molar-refractivity contribution in [3.63, 3.8) is 0 Å². The molecule has 0 spiro atoms. The molecule has 1 aromatic carbocycles. The van der Waals surface area contributed by atoms with E-state index in [1.54, 1.807) is 13.1 Å². The lowest BCUT2D eigenvalue weighted by molar-refractivity contribution is -0.131. The number of hydrogen-bond acceptors (Lipinski definition) is 6. The van der Waals surface area contributed by atoms with Crippen molar-refractivity contribution in [3.05, 3.63) is 44.9 Å². The predicted molar refractivity (Wildman–Crippen MR) is 111 cm³/mol. The molecule has 0 saturated carbocycles. The van der Waals surface area contributed by atoms with Crippen molar-refractivity contribution in [2.75, 3.05) is 27.2 Å². The molecule has 142 valence electrons. The van der Waals surface area contributed by atoms with Gasteiger partial charge in [0.05, 0.1) is 0 Å². The van der Waals surface area contributed by atoms with Crippen LogP contribution in [0.15, 0.2) is 38.8 Å². The molecule has 0 bridgehead atoms. The summed E-state index contributed by atoms with van der Waals surface area (Å²) in [5, 5.41) is 7.10. The molecule has 1 atom stereocenters. The molecule has 9 heteroatoms. The zero-order valence-electron chi connectivity index (χ0n) is 15.2. The molecule has 0 aliphatic heterocycles. The first kappa shape index (κ1) is 19.9. The standard InChI is InChI=1S/C18H19Br2N5O2/c1-10(18(26)22-4-5-25(2)3)27-24-17-15-12(6-11(19)7-14(15)20)13-8-21-9-23-16(13)17/h6-10H,4-5H2,1-3H3,(H,22,26)/b24-17+/t10-/m0/s1. The number of rotatable bonds is 6. The summed E-state index contributed by atoms with van der Waals surface area (Å²) in [4.78, 5) is 28.1. The van der Waals surface area contributed by atoms with Crippen LogP contribution in [0, 0.1) is 0 Å². The van der Waals surface area contributed by atoms with Gasteiger partial charge in [-0.3, -0.25) is 4.79 Å².